The van der Waals surface area contributed by atoms with E-state index in [1.165, 1.54) is 0 Å². The fourth-order valence-corrected chi connectivity index (χ4v) is 1.71. The highest BCUT2D eigenvalue weighted by Crippen LogP contribution is 2.23. The van der Waals surface area contributed by atoms with Gasteiger partial charge in [-0.1, -0.05) is 0 Å². The van der Waals surface area contributed by atoms with E-state index >= 15 is 0 Å². The Kier molecular flexibility index (Phi) is 3.89. The minimum absolute atomic E-state index is 0.471. The van der Waals surface area contributed by atoms with Crippen LogP contribution in [0.3, 0.4) is 0 Å². The van der Waals surface area contributed by atoms with Crippen LogP contribution in [-0.4, -0.2) is 6.61 Å². The number of hydrogen-bond acceptors (Lipinski definition) is 4. The summed E-state index contributed by atoms with van der Waals surface area (Å²) in [6.07, 6.45) is 0. The fraction of sp³-hybridized carbons (Fsp3) is 0.133. The summed E-state index contributed by atoms with van der Waals surface area (Å²) in [5.41, 5.74) is 8.51. The van der Waals surface area contributed by atoms with Crippen LogP contribution in [0.2, 0.25) is 0 Å². The molecule has 4 heteroatoms. The van der Waals surface area contributed by atoms with E-state index in [4.69, 9.17) is 15.7 Å². The Morgan fingerprint density at radius 1 is 1.16 bits per heavy atom. The van der Waals surface area contributed by atoms with Crippen molar-refractivity contribution in [3.63, 3.8) is 0 Å². The maximum Gasteiger partial charge on any atom is 0.119 e. The summed E-state index contributed by atoms with van der Waals surface area (Å²) >= 11 is 0. The van der Waals surface area contributed by atoms with Crippen molar-refractivity contribution in [1.82, 2.24) is 0 Å². The molecule has 2 aromatic rings. The third-order valence-corrected chi connectivity index (χ3v) is 2.63. The van der Waals surface area contributed by atoms with Gasteiger partial charge >= 0.3 is 0 Å². The molecule has 0 aromatic heterocycles. The first-order valence-electron chi connectivity index (χ1n) is 6.02. The van der Waals surface area contributed by atoms with Gasteiger partial charge in [0.2, 0.25) is 0 Å². The van der Waals surface area contributed by atoms with Gasteiger partial charge < -0.3 is 15.8 Å². The van der Waals surface area contributed by atoms with E-state index < -0.39 is 0 Å². The van der Waals surface area contributed by atoms with Crippen LogP contribution in [0, 0.1) is 11.3 Å². The molecular weight excluding hydrogens is 238 g/mol. The number of rotatable bonds is 4. The Balaban J connectivity index is 2.13. The zero-order valence-electron chi connectivity index (χ0n) is 10.7. The summed E-state index contributed by atoms with van der Waals surface area (Å²) in [4.78, 5) is 0. The highest BCUT2D eigenvalue weighted by atomic mass is 16.5. The number of nitriles is 1. The lowest BCUT2D eigenvalue weighted by atomic mass is 10.1. The molecule has 0 fully saturated rings. The first-order chi connectivity index (χ1) is 9.22. The quantitative estimate of drug-likeness (QED) is 0.820. The van der Waals surface area contributed by atoms with Crippen molar-refractivity contribution < 1.29 is 4.74 Å². The van der Waals surface area contributed by atoms with Gasteiger partial charge in [-0.05, 0) is 49.4 Å². The van der Waals surface area contributed by atoms with Gasteiger partial charge in [-0.15, -0.1) is 0 Å². The van der Waals surface area contributed by atoms with Crippen molar-refractivity contribution in [2.45, 2.75) is 6.92 Å². The molecule has 0 aliphatic rings. The van der Waals surface area contributed by atoms with Crippen LogP contribution in [0.1, 0.15) is 12.5 Å². The molecule has 0 radical (unpaired) electrons. The standard InChI is InChI=1S/C15H15N3O/c1-2-19-14-7-5-12(6-8-14)18-13-4-3-11(10-16)15(17)9-13/h3-9,18H,2,17H2,1H3. The van der Waals surface area contributed by atoms with Crippen molar-refractivity contribution in [1.29, 1.82) is 5.26 Å². The van der Waals surface area contributed by atoms with Gasteiger partial charge in [0.15, 0.2) is 0 Å². The van der Waals surface area contributed by atoms with Crippen LogP contribution >= 0.6 is 0 Å². The summed E-state index contributed by atoms with van der Waals surface area (Å²) in [6.45, 7) is 2.60. The SMILES string of the molecule is CCOc1ccc(Nc2ccc(C#N)c(N)c2)cc1. The van der Waals surface area contributed by atoms with Gasteiger partial charge in [0.25, 0.3) is 0 Å². The number of nitrogens with one attached hydrogen (secondary N) is 1. The molecule has 0 spiro atoms. The second-order valence-corrected chi connectivity index (χ2v) is 4.00. The lowest BCUT2D eigenvalue weighted by Crippen LogP contribution is -1.95. The van der Waals surface area contributed by atoms with Crippen molar-refractivity contribution >= 4 is 17.1 Å². The van der Waals surface area contributed by atoms with Gasteiger partial charge in [0.05, 0.1) is 17.9 Å². The van der Waals surface area contributed by atoms with Gasteiger partial charge in [0.1, 0.15) is 11.8 Å². The van der Waals surface area contributed by atoms with Gasteiger partial charge in [-0.3, -0.25) is 0 Å². The Bertz CT molecular complexity index is 600. The lowest BCUT2D eigenvalue weighted by molar-refractivity contribution is 0.340. The van der Waals surface area contributed by atoms with Crippen molar-refractivity contribution in [3.8, 4) is 11.8 Å². The molecule has 0 saturated carbocycles. The van der Waals surface area contributed by atoms with Gasteiger partial charge in [-0.25, -0.2) is 0 Å². The third kappa shape index (κ3) is 3.17. The van der Waals surface area contributed by atoms with Crippen LogP contribution in [-0.2, 0) is 0 Å². The average Bonchev–Trinajstić information content (AvgIpc) is 2.42. The number of nitrogens with two attached hydrogens (primary N) is 1. The Hall–Kier alpha value is -2.67. The molecule has 0 atom stereocenters. The number of benzene rings is 2. The second kappa shape index (κ2) is 5.78. The highest BCUT2D eigenvalue weighted by molar-refractivity contribution is 5.67. The maximum absolute atomic E-state index is 8.82. The first-order valence-corrected chi connectivity index (χ1v) is 6.02. The summed E-state index contributed by atoms with van der Waals surface area (Å²) in [5, 5.41) is 12.0. The summed E-state index contributed by atoms with van der Waals surface area (Å²) in [6, 6.07) is 15.0. The molecule has 3 N–H and O–H groups in total. The second-order valence-electron chi connectivity index (χ2n) is 4.00. The van der Waals surface area contributed by atoms with Gasteiger partial charge in [-0.2, -0.15) is 5.26 Å². The third-order valence-electron chi connectivity index (χ3n) is 2.63. The molecule has 2 rings (SSSR count). The summed E-state index contributed by atoms with van der Waals surface area (Å²) < 4.78 is 5.38. The minimum Gasteiger partial charge on any atom is -0.494 e. The van der Waals surface area contributed by atoms with E-state index in [1.807, 2.05) is 43.3 Å². The van der Waals surface area contributed by atoms with Crippen LogP contribution in [0.4, 0.5) is 17.1 Å². The van der Waals surface area contributed by atoms with Crippen LogP contribution in [0.5, 0.6) is 5.75 Å². The first kappa shape index (κ1) is 12.8. The molecule has 0 heterocycles. The summed E-state index contributed by atoms with van der Waals surface area (Å²) in [5.74, 6) is 0.840. The molecule has 0 amide bonds. The van der Waals surface area contributed by atoms with Crippen LogP contribution in [0.15, 0.2) is 42.5 Å². The Morgan fingerprint density at radius 2 is 1.84 bits per heavy atom. The smallest absolute Gasteiger partial charge is 0.119 e. The fourth-order valence-electron chi connectivity index (χ4n) is 1.71. The van der Waals surface area contributed by atoms with E-state index in [2.05, 4.69) is 5.32 Å². The summed E-state index contributed by atoms with van der Waals surface area (Å²) in [7, 11) is 0. The number of ether oxygens (including phenoxy) is 1. The number of hydrogen-bond donors (Lipinski definition) is 2. The van der Waals surface area contributed by atoms with Crippen molar-refractivity contribution in [2.24, 2.45) is 0 Å². The molecule has 0 saturated heterocycles. The highest BCUT2D eigenvalue weighted by Gasteiger charge is 2.01. The maximum atomic E-state index is 8.82. The molecule has 19 heavy (non-hydrogen) atoms. The number of nitrogens with zero attached hydrogens (tertiary/aromatic N) is 1. The molecule has 0 aliphatic carbocycles. The number of nitrogen functional groups attached to an aromatic ring is 1. The average molecular weight is 253 g/mol. The van der Waals surface area contributed by atoms with E-state index in [9.17, 15) is 0 Å². The zero-order chi connectivity index (χ0) is 13.7. The van der Waals surface area contributed by atoms with Crippen LogP contribution in [0.25, 0.3) is 0 Å². The topological polar surface area (TPSA) is 71.1 Å². The molecule has 96 valence electrons. The van der Waals surface area contributed by atoms with Gasteiger partial charge in [0, 0.05) is 11.4 Å². The molecule has 0 bridgehead atoms. The van der Waals surface area contributed by atoms with Crippen molar-refractivity contribution in [3.05, 3.63) is 48.0 Å². The minimum atomic E-state index is 0.471. The van der Waals surface area contributed by atoms with E-state index in [-0.39, 0.29) is 0 Å². The van der Waals surface area contributed by atoms with Crippen LogP contribution < -0.4 is 15.8 Å². The predicted molar refractivity (Wildman–Crippen MR) is 76.5 cm³/mol. The predicted octanol–water partition coefficient (Wildman–Crippen LogP) is 3.28. The molecular formula is C15H15N3O. The van der Waals surface area contributed by atoms with E-state index in [0.29, 0.717) is 17.9 Å². The molecule has 4 nitrogen and oxygen atoms in total. The largest absolute Gasteiger partial charge is 0.494 e. The van der Waals surface area contributed by atoms with E-state index in [1.54, 1.807) is 12.1 Å². The number of anilines is 3. The monoisotopic (exact) mass is 253 g/mol. The molecule has 2 aromatic carbocycles. The zero-order valence-corrected chi connectivity index (χ0v) is 10.7. The normalized spacial score (nSPS) is 9.68. The Morgan fingerprint density at radius 3 is 2.42 bits per heavy atom. The molecule has 0 unspecified atom stereocenters. The Labute approximate surface area is 112 Å². The lowest BCUT2D eigenvalue weighted by Gasteiger charge is -2.09. The van der Waals surface area contributed by atoms with Crippen molar-refractivity contribution in [2.75, 3.05) is 17.7 Å². The van der Waals surface area contributed by atoms with E-state index in [0.717, 1.165) is 17.1 Å². The molecule has 0 aliphatic heterocycles.